The van der Waals surface area contributed by atoms with Crippen molar-refractivity contribution >= 4 is 11.8 Å². The van der Waals surface area contributed by atoms with Crippen LogP contribution in [0.25, 0.3) is 0 Å². The highest BCUT2D eigenvalue weighted by molar-refractivity contribution is 5.94. The van der Waals surface area contributed by atoms with Crippen LogP contribution >= 0.6 is 0 Å². The average molecular weight is 416 g/mol. The van der Waals surface area contributed by atoms with E-state index in [2.05, 4.69) is 50.0 Å². The predicted molar refractivity (Wildman–Crippen MR) is 123 cm³/mol. The van der Waals surface area contributed by atoms with Crippen molar-refractivity contribution in [2.24, 2.45) is 5.92 Å². The largest absolute Gasteiger partial charge is 0.356 e. The Morgan fingerprint density at radius 1 is 1.13 bits per heavy atom. The minimum atomic E-state index is -0.0858. The van der Waals surface area contributed by atoms with E-state index < -0.39 is 0 Å². The number of carbonyl (C=O) groups excluding carboxylic acids is 2. The summed E-state index contributed by atoms with van der Waals surface area (Å²) in [5.41, 5.74) is 1.94. The Labute approximate surface area is 183 Å². The molecular formula is C25H41N3O2. The van der Waals surface area contributed by atoms with Gasteiger partial charge in [-0.2, -0.15) is 0 Å². The molecule has 0 aliphatic carbocycles. The number of carbonyl (C=O) groups is 2. The molecule has 2 amide bonds. The highest BCUT2D eigenvalue weighted by Crippen LogP contribution is 2.20. The van der Waals surface area contributed by atoms with Gasteiger partial charge in [-0.1, -0.05) is 45.2 Å². The number of hydrogen-bond acceptors (Lipinski definition) is 3. The topological polar surface area (TPSA) is 52.7 Å². The molecule has 1 aromatic carbocycles. The summed E-state index contributed by atoms with van der Waals surface area (Å²) < 4.78 is 0. The van der Waals surface area contributed by atoms with E-state index in [1.54, 1.807) is 0 Å². The zero-order chi connectivity index (χ0) is 21.9. The van der Waals surface area contributed by atoms with Crippen molar-refractivity contribution in [1.29, 1.82) is 0 Å². The molecule has 1 aromatic rings. The second-order valence-corrected chi connectivity index (χ2v) is 8.80. The van der Waals surface area contributed by atoms with Gasteiger partial charge in [-0.25, -0.2) is 0 Å². The standard InChI is InChI=1S/C25H41N3O2/c1-5-7-8-9-16-26-24(29)23-11-10-17-28(19-23)25(30)22-14-12-21(13-15-22)18-27(6-2)20(3)4/h12-15,20,23H,5-11,16-19H2,1-4H3,(H,26,29). The summed E-state index contributed by atoms with van der Waals surface area (Å²) in [7, 11) is 0. The van der Waals surface area contributed by atoms with Crippen molar-refractivity contribution in [1.82, 2.24) is 15.1 Å². The van der Waals surface area contributed by atoms with Crippen LogP contribution in [0.2, 0.25) is 0 Å². The van der Waals surface area contributed by atoms with Gasteiger partial charge in [-0.15, -0.1) is 0 Å². The first-order valence-corrected chi connectivity index (χ1v) is 11.9. The number of benzene rings is 1. The van der Waals surface area contributed by atoms with Crippen LogP contribution in [0.5, 0.6) is 0 Å². The molecule has 0 spiro atoms. The number of amides is 2. The number of hydrogen-bond donors (Lipinski definition) is 1. The zero-order valence-corrected chi connectivity index (χ0v) is 19.5. The van der Waals surface area contributed by atoms with Gasteiger partial charge in [0.25, 0.3) is 5.91 Å². The first-order chi connectivity index (χ1) is 14.5. The highest BCUT2D eigenvalue weighted by Gasteiger charge is 2.28. The maximum atomic E-state index is 13.0. The fourth-order valence-electron chi connectivity index (χ4n) is 4.11. The lowest BCUT2D eigenvalue weighted by atomic mass is 9.96. The second-order valence-electron chi connectivity index (χ2n) is 8.80. The molecular weight excluding hydrogens is 374 g/mol. The molecule has 1 atom stereocenters. The Bertz CT molecular complexity index is 657. The van der Waals surface area contributed by atoms with E-state index >= 15 is 0 Å². The molecule has 2 rings (SSSR count). The number of piperidine rings is 1. The molecule has 0 bridgehead atoms. The van der Waals surface area contributed by atoms with E-state index in [0.29, 0.717) is 18.2 Å². The van der Waals surface area contributed by atoms with E-state index in [1.807, 2.05) is 17.0 Å². The maximum Gasteiger partial charge on any atom is 0.253 e. The fourth-order valence-corrected chi connectivity index (χ4v) is 4.11. The molecule has 1 unspecified atom stereocenters. The van der Waals surface area contributed by atoms with E-state index in [0.717, 1.165) is 51.9 Å². The third-order valence-electron chi connectivity index (χ3n) is 6.13. The summed E-state index contributed by atoms with van der Waals surface area (Å²) in [5, 5.41) is 3.07. The fraction of sp³-hybridized carbons (Fsp3) is 0.680. The second kappa shape index (κ2) is 12.7. The van der Waals surface area contributed by atoms with Gasteiger partial charge in [-0.3, -0.25) is 14.5 Å². The summed E-state index contributed by atoms with van der Waals surface area (Å²) in [4.78, 5) is 29.7. The van der Waals surface area contributed by atoms with Gasteiger partial charge >= 0.3 is 0 Å². The number of unbranched alkanes of at least 4 members (excludes halogenated alkanes) is 3. The molecule has 0 radical (unpaired) electrons. The molecule has 5 heteroatoms. The lowest BCUT2D eigenvalue weighted by Crippen LogP contribution is -2.45. The third kappa shape index (κ3) is 7.42. The Balaban J connectivity index is 1.87. The predicted octanol–water partition coefficient (Wildman–Crippen LogP) is 4.47. The van der Waals surface area contributed by atoms with Crippen LogP contribution in [-0.4, -0.2) is 53.8 Å². The van der Waals surface area contributed by atoms with Crippen LogP contribution in [-0.2, 0) is 11.3 Å². The molecule has 1 fully saturated rings. The molecule has 0 aromatic heterocycles. The van der Waals surface area contributed by atoms with Crippen molar-refractivity contribution in [3.63, 3.8) is 0 Å². The lowest BCUT2D eigenvalue weighted by molar-refractivity contribution is -0.126. The van der Waals surface area contributed by atoms with E-state index in [4.69, 9.17) is 0 Å². The molecule has 30 heavy (non-hydrogen) atoms. The van der Waals surface area contributed by atoms with Crippen LogP contribution in [0, 0.1) is 5.92 Å². The molecule has 5 nitrogen and oxygen atoms in total. The number of nitrogens with one attached hydrogen (secondary N) is 1. The SMILES string of the molecule is CCCCCCNC(=O)C1CCCN(C(=O)c2ccc(CN(CC)C(C)C)cc2)C1. The Hall–Kier alpha value is -1.88. The molecule has 1 N–H and O–H groups in total. The molecule has 0 saturated carbocycles. The van der Waals surface area contributed by atoms with E-state index in [1.165, 1.54) is 18.4 Å². The smallest absolute Gasteiger partial charge is 0.253 e. The molecule has 1 heterocycles. The first-order valence-electron chi connectivity index (χ1n) is 11.9. The van der Waals surface area contributed by atoms with E-state index in [-0.39, 0.29) is 17.7 Å². The Morgan fingerprint density at radius 3 is 2.50 bits per heavy atom. The van der Waals surface area contributed by atoms with E-state index in [9.17, 15) is 9.59 Å². The van der Waals surface area contributed by atoms with Crippen LogP contribution in [0.3, 0.4) is 0 Å². The normalized spacial score (nSPS) is 16.9. The minimum Gasteiger partial charge on any atom is -0.356 e. The third-order valence-corrected chi connectivity index (χ3v) is 6.13. The summed E-state index contributed by atoms with van der Waals surface area (Å²) in [6, 6.07) is 8.48. The monoisotopic (exact) mass is 415 g/mol. The lowest BCUT2D eigenvalue weighted by Gasteiger charge is -2.32. The van der Waals surface area contributed by atoms with Gasteiger partial charge in [0.15, 0.2) is 0 Å². The van der Waals surface area contributed by atoms with Gasteiger partial charge < -0.3 is 10.2 Å². The maximum absolute atomic E-state index is 13.0. The quantitative estimate of drug-likeness (QED) is 0.543. The van der Waals surface area contributed by atoms with Crippen molar-refractivity contribution in [2.75, 3.05) is 26.2 Å². The van der Waals surface area contributed by atoms with Crippen LogP contribution in [0.1, 0.15) is 82.1 Å². The van der Waals surface area contributed by atoms with Crippen molar-refractivity contribution in [3.8, 4) is 0 Å². The van der Waals surface area contributed by atoms with Crippen LogP contribution < -0.4 is 5.32 Å². The van der Waals surface area contributed by atoms with Gasteiger partial charge in [0.2, 0.25) is 5.91 Å². The summed E-state index contributed by atoms with van der Waals surface area (Å²) >= 11 is 0. The summed E-state index contributed by atoms with van der Waals surface area (Å²) in [6.07, 6.45) is 6.36. The van der Waals surface area contributed by atoms with Gasteiger partial charge in [0.05, 0.1) is 5.92 Å². The van der Waals surface area contributed by atoms with Crippen molar-refractivity contribution < 1.29 is 9.59 Å². The molecule has 168 valence electrons. The van der Waals surface area contributed by atoms with Gasteiger partial charge in [0, 0.05) is 37.8 Å². The van der Waals surface area contributed by atoms with Crippen LogP contribution in [0.4, 0.5) is 0 Å². The zero-order valence-electron chi connectivity index (χ0n) is 19.5. The Morgan fingerprint density at radius 2 is 1.87 bits per heavy atom. The minimum absolute atomic E-state index is 0.0400. The summed E-state index contributed by atoms with van der Waals surface area (Å²) in [6.45, 7) is 12.7. The number of likely N-dealkylation sites (tertiary alicyclic amines) is 1. The highest BCUT2D eigenvalue weighted by atomic mass is 16.2. The number of rotatable bonds is 11. The van der Waals surface area contributed by atoms with Crippen molar-refractivity contribution in [2.45, 2.75) is 78.8 Å². The molecule has 1 saturated heterocycles. The van der Waals surface area contributed by atoms with Gasteiger partial charge in [0.1, 0.15) is 0 Å². The average Bonchev–Trinajstić information content (AvgIpc) is 2.77. The first kappa shape index (κ1) is 24.4. The number of nitrogens with zero attached hydrogens (tertiary/aromatic N) is 2. The van der Waals surface area contributed by atoms with Gasteiger partial charge in [-0.05, 0) is 57.4 Å². The summed E-state index contributed by atoms with van der Waals surface area (Å²) in [5.74, 6) is 0.0585. The molecule has 1 aliphatic heterocycles. The Kier molecular flexibility index (Phi) is 10.4. The van der Waals surface area contributed by atoms with Crippen molar-refractivity contribution in [3.05, 3.63) is 35.4 Å². The molecule has 1 aliphatic rings. The van der Waals surface area contributed by atoms with Crippen LogP contribution in [0.15, 0.2) is 24.3 Å².